The molecule has 6 heteroatoms. The van der Waals surface area contributed by atoms with Gasteiger partial charge in [-0.05, 0) is 77.0 Å². The molecule has 0 N–H and O–H groups in total. The molecule has 0 saturated carbocycles. The molecule has 0 spiro atoms. The van der Waals surface area contributed by atoms with Crippen LogP contribution in [0.4, 0.5) is 0 Å². The summed E-state index contributed by atoms with van der Waals surface area (Å²) in [5, 5.41) is 0. The molecule has 0 aliphatic carbocycles. The van der Waals surface area contributed by atoms with Gasteiger partial charge in [0.25, 0.3) is 0 Å². The lowest BCUT2D eigenvalue weighted by molar-refractivity contribution is -0.167. The van der Waals surface area contributed by atoms with Gasteiger partial charge in [0.05, 0.1) is 0 Å². The van der Waals surface area contributed by atoms with Crippen molar-refractivity contribution in [3.63, 3.8) is 0 Å². The van der Waals surface area contributed by atoms with Crippen molar-refractivity contribution in [1.29, 1.82) is 0 Å². The maximum Gasteiger partial charge on any atom is 0.306 e. The van der Waals surface area contributed by atoms with Crippen LogP contribution in [0.2, 0.25) is 0 Å². The van der Waals surface area contributed by atoms with Crippen molar-refractivity contribution in [3.8, 4) is 0 Å². The van der Waals surface area contributed by atoms with Gasteiger partial charge in [-0.25, -0.2) is 0 Å². The fraction of sp³-hybridized carbons (Fsp3) is 0.800. The molecule has 1 unspecified atom stereocenters. The molecule has 0 amide bonds. The molecule has 0 saturated heterocycles. The Morgan fingerprint density at radius 1 is 0.296 bits per heavy atom. The van der Waals surface area contributed by atoms with E-state index in [1.54, 1.807) is 0 Å². The van der Waals surface area contributed by atoms with Crippen LogP contribution in [0.5, 0.6) is 0 Å². The zero-order valence-corrected chi connectivity index (χ0v) is 47.2. The Labute approximate surface area is 440 Å². The van der Waals surface area contributed by atoms with Crippen molar-refractivity contribution in [2.24, 2.45) is 0 Å². The molecule has 1 atom stereocenters. The first-order chi connectivity index (χ1) is 35.0. The van der Waals surface area contributed by atoms with E-state index in [2.05, 4.69) is 81.5 Å². The van der Waals surface area contributed by atoms with Gasteiger partial charge in [-0.15, -0.1) is 0 Å². The first-order valence-corrected chi connectivity index (χ1v) is 30.8. The highest BCUT2D eigenvalue weighted by molar-refractivity contribution is 5.71. The van der Waals surface area contributed by atoms with Gasteiger partial charge in [0.1, 0.15) is 13.2 Å². The van der Waals surface area contributed by atoms with E-state index in [1.165, 1.54) is 173 Å². The van der Waals surface area contributed by atoms with Gasteiger partial charge in [-0.3, -0.25) is 14.4 Å². The second kappa shape index (κ2) is 59.7. The van der Waals surface area contributed by atoms with E-state index in [0.29, 0.717) is 19.3 Å². The topological polar surface area (TPSA) is 78.9 Å². The van der Waals surface area contributed by atoms with Gasteiger partial charge in [0, 0.05) is 19.3 Å². The summed E-state index contributed by atoms with van der Waals surface area (Å²) >= 11 is 0. The lowest BCUT2D eigenvalue weighted by atomic mass is 10.0. The van der Waals surface area contributed by atoms with Gasteiger partial charge in [-0.1, -0.05) is 281 Å². The highest BCUT2D eigenvalue weighted by Crippen LogP contribution is 2.17. The van der Waals surface area contributed by atoms with Gasteiger partial charge < -0.3 is 14.2 Å². The van der Waals surface area contributed by atoms with E-state index in [4.69, 9.17) is 14.2 Å². The summed E-state index contributed by atoms with van der Waals surface area (Å²) in [6, 6.07) is 0. The van der Waals surface area contributed by atoms with E-state index < -0.39 is 6.10 Å². The Morgan fingerprint density at radius 3 is 0.930 bits per heavy atom. The molecule has 0 fully saturated rings. The molecule has 6 nitrogen and oxygen atoms in total. The summed E-state index contributed by atoms with van der Waals surface area (Å²) < 4.78 is 16.8. The van der Waals surface area contributed by atoms with E-state index in [0.717, 1.165) is 103 Å². The van der Waals surface area contributed by atoms with Gasteiger partial charge in [0.2, 0.25) is 0 Å². The lowest BCUT2D eigenvalue weighted by Gasteiger charge is -2.18. The van der Waals surface area contributed by atoms with Crippen molar-refractivity contribution in [3.05, 3.63) is 60.8 Å². The summed E-state index contributed by atoms with van der Waals surface area (Å²) in [6.07, 6.45) is 75.6. The molecule has 0 radical (unpaired) electrons. The van der Waals surface area contributed by atoms with Crippen LogP contribution in [0, 0.1) is 0 Å². The van der Waals surface area contributed by atoms with E-state index >= 15 is 0 Å². The largest absolute Gasteiger partial charge is 0.462 e. The quantitative estimate of drug-likeness (QED) is 0.0261. The smallest absolute Gasteiger partial charge is 0.306 e. The first-order valence-electron chi connectivity index (χ1n) is 30.8. The number of esters is 3. The standard InChI is InChI=1S/C65H116O6/c1-4-7-10-13-16-19-21-22-23-24-25-26-27-28-29-30-31-32-33-34-35-36-37-38-39-40-41-42-43-44-45-47-49-52-55-58-64(67)70-61-62(60-69-63(66)57-54-51-48-18-15-12-9-6-3)71-65(68)59-56-53-50-46-20-17-14-11-8-5-2/h7,10-11,14,16,19,22-23,25-26,62H,4-6,8-9,12-13,15,17-18,20-21,24,27-61H2,1-3H3/b10-7-,14-11-,19-16-,23-22-,26-25-. The fourth-order valence-corrected chi connectivity index (χ4v) is 8.91. The average Bonchev–Trinajstić information content (AvgIpc) is 3.37. The zero-order valence-electron chi connectivity index (χ0n) is 47.2. The molecule has 0 aromatic rings. The Kier molecular flexibility index (Phi) is 57.2. The third-order valence-electron chi connectivity index (χ3n) is 13.5. The summed E-state index contributed by atoms with van der Waals surface area (Å²) in [6.45, 7) is 6.45. The molecule has 0 rings (SSSR count). The molecule has 412 valence electrons. The number of allylic oxidation sites excluding steroid dienone is 10. The van der Waals surface area contributed by atoms with Crippen LogP contribution >= 0.6 is 0 Å². The third kappa shape index (κ3) is 57.9. The van der Waals surface area contributed by atoms with Crippen LogP contribution in [-0.2, 0) is 28.6 Å². The molecule has 0 bridgehead atoms. The fourth-order valence-electron chi connectivity index (χ4n) is 8.91. The third-order valence-corrected chi connectivity index (χ3v) is 13.5. The molecule has 71 heavy (non-hydrogen) atoms. The molecule has 0 heterocycles. The molecular formula is C65H116O6. The van der Waals surface area contributed by atoms with E-state index in [1.807, 2.05) is 0 Å². The predicted octanol–water partition coefficient (Wildman–Crippen LogP) is 20.8. The minimum absolute atomic E-state index is 0.0724. The molecule has 0 aromatic carbocycles. The maximum absolute atomic E-state index is 12.7. The monoisotopic (exact) mass is 993 g/mol. The highest BCUT2D eigenvalue weighted by Gasteiger charge is 2.19. The summed E-state index contributed by atoms with van der Waals surface area (Å²) in [5.74, 6) is -0.875. The Bertz CT molecular complexity index is 1280. The Balaban J connectivity index is 3.88. The summed E-state index contributed by atoms with van der Waals surface area (Å²) in [7, 11) is 0. The second-order valence-electron chi connectivity index (χ2n) is 20.6. The molecule has 0 aromatic heterocycles. The van der Waals surface area contributed by atoms with Crippen molar-refractivity contribution in [1.82, 2.24) is 0 Å². The highest BCUT2D eigenvalue weighted by atomic mass is 16.6. The van der Waals surface area contributed by atoms with Crippen LogP contribution < -0.4 is 0 Å². The Morgan fingerprint density at radius 2 is 0.577 bits per heavy atom. The summed E-state index contributed by atoms with van der Waals surface area (Å²) in [5.41, 5.74) is 0. The number of hydrogen-bond donors (Lipinski definition) is 0. The molecule has 0 aliphatic rings. The van der Waals surface area contributed by atoms with Crippen LogP contribution in [0.15, 0.2) is 60.8 Å². The number of unbranched alkanes of at least 4 members (excludes halogenated alkanes) is 35. The summed E-state index contributed by atoms with van der Waals surface area (Å²) in [4.78, 5) is 37.9. The van der Waals surface area contributed by atoms with Crippen molar-refractivity contribution < 1.29 is 28.6 Å². The number of carbonyl (C=O) groups is 3. The number of ether oxygens (including phenoxy) is 3. The van der Waals surface area contributed by atoms with Crippen LogP contribution in [0.1, 0.15) is 316 Å². The zero-order chi connectivity index (χ0) is 51.4. The number of carbonyl (C=O) groups excluding carboxylic acids is 3. The van der Waals surface area contributed by atoms with Crippen molar-refractivity contribution in [2.75, 3.05) is 13.2 Å². The van der Waals surface area contributed by atoms with Gasteiger partial charge in [0.15, 0.2) is 6.10 Å². The van der Waals surface area contributed by atoms with Crippen LogP contribution in [0.25, 0.3) is 0 Å². The van der Waals surface area contributed by atoms with Crippen LogP contribution in [0.3, 0.4) is 0 Å². The second-order valence-corrected chi connectivity index (χ2v) is 20.6. The first kappa shape index (κ1) is 68.1. The molecular weight excluding hydrogens is 877 g/mol. The predicted molar refractivity (Wildman–Crippen MR) is 307 cm³/mol. The van der Waals surface area contributed by atoms with Gasteiger partial charge >= 0.3 is 17.9 Å². The van der Waals surface area contributed by atoms with E-state index in [-0.39, 0.29) is 31.1 Å². The van der Waals surface area contributed by atoms with Gasteiger partial charge in [-0.2, -0.15) is 0 Å². The van der Waals surface area contributed by atoms with Crippen molar-refractivity contribution >= 4 is 17.9 Å². The van der Waals surface area contributed by atoms with Crippen molar-refractivity contribution in [2.45, 2.75) is 322 Å². The van der Waals surface area contributed by atoms with E-state index in [9.17, 15) is 14.4 Å². The normalized spacial score (nSPS) is 12.4. The average molecular weight is 994 g/mol. The maximum atomic E-state index is 12.7. The minimum atomic E-state index is -0.770. The molecule has 0 aliphatic heterocycles. The number of rotatable bonds is 56. The number of hydrogen-bond acceptors (Lipinski definition) is 6. The Hall–Kier alpha value is -2.89. The lowest BCUT2D eigenvalue weighted by Crippen LogP contribution is -2.30. The minimum Gasteiger partial charge on any atom is -0.462 e. The van der Waals surface area contributed by atoms with Crippen LogP contribution in [-0.4, -0.2) is 37.2 Å². The SMILES string of the molecule is CC/C=C\C/C=C\C/C=C\C/C=C\CCCCCCCCCCCCCCCCCCCCCCCCC(=O)OCC(COC(=O)CCCCCCCCCC)OC(=O)CCCCCCC/C=C\CCC.